The van der Waals surface area contributed by atoms with E-state index in [0.29, 0.717) is 42.3 Å². The van der Waals surface area contributed by atoms with Gasteiger partial charge in [-0.3, -0.25) is 14.4 Å². The van der Waals surface area contributed by atoms with E-state index in [0.717, 1.165) is 0 Å². The molecule has 11 nitrogen and oxygen atoms in total. The predicted octanol–water partition coefficient (Wildman–Crippen LogP) is 1.32. The summed E-state index contributed by atoms with van der Waals surface area (Å²) < 4.78 is 20.9. The summed E-state index contributed by atoms with van der Waals surface area (Å²) in [6, 6.07) is 11.8. The van der Waals surface area contributed by atoms with Gasteiger partial charge in [0.25, 0.3) is 5.91 Å². The maximum atomic E-state index is 12.3. The highest BCUT2D eigenvalue weighted by Crippen LogP contribution is 2.30. The third-order valence-electron chi connectivity index (χ3n) is 4.34. The number of methoxy groups -OCH3 is 3. The number of rotatable bonds is 12. The lowest BCUT2D eigenvalue weighted by atomic mass is 10.2. The second-order valence-electron chi connectivity index (χ2n) is 6.75. The Morgan fingerprint density at radius 3 is 2.41 bits per heavy atom. The van der Waals surface area contributed by atoms with Gasteiger partial charge in [0.15, 0.2) is 18.1 Å². The molecule has 0 bridgehead atoms. The van der Waals surface area contributed by atoms with Crippen molar-refractivity contribution in [1.82, 2.24) is 10.7 Å². The summed E-state index contributed by atoms with van der Waals surface area (Å²) in [7, 11) is 4.56. The largest absolute Gasteiger partial charge is 0.497 e. The topological polar surface area (TPSA) is 137 Å². The molecule has 0 heterocycles. The number of nitrogens with zero attached hydrogens (tertiary/aromatic N) is 1. The Morgan fingerprint density at radius 2 is 1.74 bits per heavy atom. The van der Waals surface area contributed by atoms with Gasteiger partial charge in [-0.05, 0) is 42.8 Å². The fourth-order valence-electron chi connectivity index (χ4n) is 2.67. The van der Waals surface area contributed by atoms with Crippen molar-refractivity contribution < 1.29 is 33.3 Å². The quantitative estimate of drug-likeness (QED) is 0.183. The highest BCUT2D eigenvalue weighted by atomic mass is 16.5. The van der Waals surface area contributed by atoms with E-state index < -0.39 is 17.7 Å². The molecule has 0 aliphatic heterocycles. The van der Waals surface area contributed by atoms with Crippen LogP contribution in [0, 0.1) is 0 Å². The highest BCUT2D eigenvalue weighted by molar-refractivity contribution is 6.35. The predicted molar refractivity (Wildman–Crippen MR) is 125 cm³/mol. The summed E-state index contributed by atoms with van der Waals surface area (Å²) in [5.74, 6) is -0.843. The van der Waals surface area contributed by atoms with Crippen molar-refractivity contribution in [3.05, 3.63) is 48.0 Å². The van der Waals surface area contributed by atoms with Crippen LogP contribution in [0.1, 0.15) is 12.0 Å². The molecule has 34 heavy (non-hydrogen) atoms. The van der Waals surface area contributed by atoms with E-state index in [1.54, 1.807) is 56.7 Å². The summed E-state index contributed by atoms with van der Waals surface area (Å²) in [4.78, 5) is 35.9. The van der Waals surface area contributed by atoms with E-state index in [2.05, 4.69) is 21.2 Å². The molecular weight excluding hydrogens is 444 g/mol. The number of amides is 3. The van der Waals surface area contributed by atoms with Crippen LogP contribution in [0.4, 0.5) is 5.69 Å². The highest BCUT2D eigenvalue weighted by Gasteiger charge is 2.14. The fourth-order valence-corrected chi connectivity index (χ4v) is 2.67. The molecule has 0 aliphatic carbocycles. The molecule has 0 radical (unpaired) electrons. The Morgan fingerprint density at radius 1 is 0.971 bits per heavy atom. The van der Waals surface area contributed by atoms with Gasteiger partial charge >= 0.3 is 11.8 Å². The Bertz CT molecular complexity index is 993. The number of hydrogen-bond donors (Lipinski definition) is 3. The molecule has 0 saturated carbocycles. The number of hydrazone groups is 1. The lowest BCUT2D eigenvalue weighted by Crippen LogP contribution is -2.38. The molecule has 0 unspecified atom stereocenters. The third-order valence-corrected chi connectivity index (χ3v) is 4.34. The monoisotopic (exact) mass is 472 g/mol. The molecule has 3 N–H and O–H groups in total. The van der Waals surface area contributed by atoms with Crippen molar-refractivity contribution in [2.24, 2.45) is 5.10 Å². The summed E-state index contributed by atoms with van der Waals surface area (Å²) >= 11 is 0. The Labute approximate surface area is 197 Å². The van der Waals surface area contributed by atoms with E-state index in [1.165, 1.54) is 13.3 Å². The van der Waals surface area contributed by atoms with Gasteiger partial charge in [-0.15, -0.1) is 0 Å². The van der Waals surface area contributed by atoms with Crippen LogP contribution in [-0.2, 0) is 19.1 Å². The maximum absolute atomic E-state index is 12.3. The minimum atomic E-state index is -0.919. The normalized spacial score (nSPS) is 10.4. The average Bonchev–Trinajstić information content (AvgIpc) is 2.85. The van der Waals surface area contributed by atoms with Crippen molar-refractivity contribution in [3.63, 3.8) is 0 Å². The Balaban J connectivity index is 1.96. The number of carbonyl (C=O) groups is 3. The average molecular weight is 472 g/mol. The first-order valence-electron chi connectivity index (χ1n) is 10.3. The molecule has 0 spiro atoms. The summed E-state index contributed by atoms with van der Waals surface area (Å²) in [5, 5.41) is 8.96. The molecule has 0 fully saturated rings. The number of anilines is 1. The molecule has 3 amide bonds. The minimum absolute atomic E-state index is 0.247. The second kappa shape index (κ2) is 14.1. The Hall–Kier alpha value is -4.12. The van der Waals surface area contributed by atoms with Gasteiger partial charge in [0.05, 0.1) is 20.4 Å². The number of hydrogen-bond acceptors (Lipinski definition) is 8. The summed E-state index contributed by atoms with van der Waals surface area (Å²) in [6.45, 7) is 0.469. The zero-order valence-electron chi connectivity index (χ0n) is 19.3. The fraction of sp³-hybridized carbons (Fsp3) is 0.304. The number of para-hydroxylation sites is 1. The minimum Gasteiger partial charge on any atom is -0.497 e. The lowest BCUT2D eigenvalue weighted by molar-refractivity contribution is -0.139. The zero-order valence-corrected chi connectivity index (χ0v) is 19.3. The SMILES string of the molecule is COCCCNC(=O)C(=O)N/N=C\c1cccc(OC)c1OCC(=O)Nc1ccc(OC)cc1. The van der Waals surface area contributed by atoms with E-state index in [4.69, 9.17) is 18.9 Å². The summed E-state index contributed by atoms with van der Waals surface area (Å²) in [5.41, 5.74) is 3.16. The molecule has 0 aromatic heterocycles. The lowest BCUT2D eigenvalue weighted by Gasteiger charge is -2.13. The van der Waals surface area contributed by atoms with Crippen LogP contribution in [0.3, 0.4) is 0 Å². The molecule has 11 heteroatoms. The number of ether oxygens (including phenoxy) is 4. The van der Waals surface area contributed by atoms with Crippen LogP contribution in [0.25, 0.3) is 0 Å². The molecule has 2 aromatic carbocycles. The molecule has 2 rings (SSSR count). The molecule has 0 atom stereocenters. The van der Waals surface area contributed by atoms with Crippen molar-refractivity contribution in [2.75, 3.05) is 46.4 Å². The van der Waals surface area contributed by atoms with Crippen LogP contribution in [0.15, 0.2) is 47.6 Å². The van der Waals surface area contributed by atoms with Crippen molar-refractivity contribution in [3.8, 4) is 17.2 Å². The van der Waals surface area contributed by atoms with Crippen LogP contribution in [0.5, 0.6) is 17.2 Å². The van der Waals surface area contributed by atoms with Gasteiger partial charge in [0, 0.05) is 31.5 Å². The molecule has 182 valence electrons. The first kappa shape index (κ1) is 26.1. The molecular formula is C23H28N4O7. The third kappa shape index (κ3) is 8.43. The van der Waals surface area contributed by atoms with Gasteiger partial charge in [0.1, 0.15) is 5.75 Å². The first-order valence-corrected chi connectivity index (χ1v) is 10.3. The van der Waals surface area contributed by atoms with Gasteiger partial charge in [-0.25, -0.2) is 5.43 Å². The van der Waals surface area contributed by atoms with E-state index in [-0.39, 0.29) is 12.4 Å². The Kier molecular flexibility index (Phi) is 10.8. The van der Waals surface area contributed by atoms with E-state index >= 15 is 0 Å². The summed E-state index contributed by atoms with van der Waals surface area (Å²) in [6.07, 6.45) is 1.87. The van der Waals surface area contributed by atoms with Gasteiger partial charge in [0.2, 0.25) is 0 Å². The molecule has 0 aliphatic rings. The molecule has 0 saturated heterocycles. The van der Waals surface area contributed by atoms with E-state index in [9.17, 15) is 14.4 Å². The van der Waals surface area contributed by atoms with Crippen molar-refractivity contribution in [1.29, 1.82) is 0 Å². The number of benzene rings is 2. The van der Waals surface area contributed by atoms with Gasteiger partial charge in [-0.1, -0.05) is 6.07 Å². The van der Waals surface area contributed by atoms with Crippen molar-refractivity contribution >= 4 is 29.6 Å². The maximum Gasteiger partial charge on any atom is 0.329 e. The smallest absolute Gasteiger partial charge is 0.329 e. The van der Waals surface area contributed by atoms with Crippen LogP contribution >= 0.6 is 0 Å². The number of carbonyl (C=O) groups excluding carboxylic acids is 3. The van der Waals surface area contributed by atoms with Gasteiger partial charge in [-0.2, -0.15) is 5.10 Å². The first-order chi connectivity index (χ1) is 16.5. The number of nitrogens with one attached hydrogen (secondary N) is 3. The second-order valence-corrected chi connectivity index (χ2v) is 6.75. The van der Waals surface area contributed by atoms with Gasteiger partial charge < -0.3 is 29.6 Å². The van der Waals surface area contributed by atoms with Crippen LogP contribution in [0.2, 0.25) is 0 Å². The zero-order chi connectivity index (χ0) is 24.8. The van der Waals surface area contributed by atoms with Crippen LogP contribution < -0.4 is 30.3 Å². The van der Waals surface area contributed by atoms with E-state index in [1.807, 2.05) is 0 Å². The van der Waals surface area contributed by atoms with Crippen LogP contribution in [-0.4, -0.2) is 65.0 Å². The molecule has 2 aromatic rings. The standard InChI is InChI=1S/C23H28N4O7/c1-31-13-5-12-24-22(29)23(30)27-25-14-16-6-4-7-19(33-3)21(16)34-15-20(28)26-17-8-10-18(32-2)11-9-17/h4,6-11,14H,5,12-13,15H2,1-3H3,(H,24,29)(H,26,28)(H,27,30)/b25-14-. The van der Waals surface area contributed by atoms with Crippen molar-refractivity contribution in [2.45, 2.75) is 6.42 Å².